The van der Waals surface area contributed by atoms with Crippen LogP contribution in [0.2, 0.25) is 0 Å². The molecule has 2 aromatic carbocycles. The molecule has 33 heavy (non-hydrogen) atoms. The summed E-state index contributed by atoms with van der Waals surface area (Å²) in [5.74, 6) is -1.11. The van der Waals surface area contributed by atoms with Crippen LogP contribution in [0.25, 0.3) is 0 Å². The molecule has 0 spiro atoms. The molecule has 0 radical (unpaired) electrons. The molecule has 0 unspecified atom stereocenters. The van der Waals surface area contributed by atoms with Crippen molar-refractivity contribution in [3.8, 4) is 0 Å². The minimum atomic E-state index is -4.64. The maximum Gasteiger partial charge on any atom is 0.416 e. The normalized spacial score (nSPS) is 17.5. The van der Waals surface area contributed by atoms with Gasteiger partial charge in [-0.25, -0.2) is 4.39 Å². The molecule has 1 N–H and O–H groups in total. The number of amides is 1. The Morgan fingerprint density at radius 1 is 1.06 bits per heavy atom. The van der Waals surface area contributed by atoms with Crippen LogP contribution >= 0.6 is 24.8 Å². The second-order valence-electron chi connectivity index (χ2n) is 8.40. The van der Waals surface area contributed by atoms with E-state index in [0.29, 0.717) is 32.0 Å². The number of nitrogens with one attached hydrogen (secondary N) is 1. The molecular formula is C23H27Cl2F4N3O. The number of hydrogen-bond donors (Lipinski definition) is 1. The standard InChI is InChI=1S/C23H25F4N3O.2ClH/c1-29(15-16-10-19(23(25,26)27)12-20(24)11-16)21(31)22(30-8-6-28-7-9-30)13-17-4-2-3-5-18(17)14-22;;/h2-5,10-12,28H,6-9,13-15H2,1H3;2*1H. The van der Waals surface area contributed by atoms with Crippen LogP contribution in [0.1, 0.15) is 22.3 Å². The fraction of sp³-hybridized carbons (Fsp3) is 0.435. The minimum absolute atomic E-state index is 0. The minimum Gasteiger partial charge on any atom is -0.340 e. The molecule has 1 heterocycles. The topological polar surface area (TPSA) is 35.6 Å². The van der Waals surface area contributed by atoms with Gasteiger partial charge in [0.2, 0.25) is 5.91 Å². The SMILES string of the molecule is CN(Cc1cc(F)cc(C(F)(F)F)c1)C(=O)C1(N2CCNCC2)Cc2ccccc2C1.Cl.Cl. The van der Waals surface area contributed by atoms with Gasteiger partial charge in [-0.15, -0.1) is 24.8 Å². The molecule has 2 aromatic rings. The number of nitrogens with zero attached hydrogens (tertiary/aromatic N) is 2. The first-order chi connectivity index (χ1) is 14.7. The maximum absolute atomic E-state index is 13.8. The third kappa shape index (κ3) is 5.62. The van der Waals surface area contributed by atoms with E-state index in [1.54, 1.807) is 7.05 Å². The quantitative estimate of drug-likeness (QED) is 0.633. The van der Waals surface area contributed by atoms with E-state index in [-0.39, 0.29) is 42.8 Å². The Hall–Kier alpha value is -1.87. The molecule has 182 valence electrons. The van der Waals surface area contributed by atoms with Crippen molar-refractivity contribution in [3.63, 3.8) is 0 Å². The summed E-state index contributed by atoms with van der Waals surface area (Å²) in [5.41, 5.74) is 0.532. The Kier molecular flexibility index (Phi) is 8.79. The first-order valence-corrected chi connectivity index (χ1v) is 10.3. The van der Waals surface area contributed by atoms with Gasteiger partial charge < -0.3 is 10.2 Å². The van der Waals surface area contributed by atoms with E-state index in [0.717, 1.165) is 36.3 Å². The number of rotatable bonds is 4. The lowest BCUT2D eigenvalue weighted by atomic mass is 9.90. The average Bonchev–Trinajstić information content (AvgIpc) is 3.13. The fourth-order valence-electron chi connectivity index (χ4n) is 4.80. The van der Waals surface area contributed by atoms with E-state index in [9.17, 15) is 22.4 Å². The Balaban J connectivity index is 0.00000193. The van der Waals surface area contributed by atoms with Crippen LogP contribution in [0.3, 0.4) is 0 Å². The highest BCUT2D eigenvalue weighted by Gasteiger charge is 2.49. The second-order valence-corrected chi connectivity index (χ2v) is 8.40. The number of hydrogen-bond acceptors (Lipinski definition) is 3. The second kappa shape index (κ2) is 10.6. The van der Waals surface area contributed by atoms with E-state index < -0.39 is 23.1 Å². The van der Waals surface area contributed by atoms with Crippen molar-refractivity contribution in [1.29, 1.82) is 0 Å². The number of carbonyl (C=O) groups is 1. The molecule has 0 aromatic heterocycles. The molecule has 0 bridgehead atoms. The summed E-state index contributed by atoms with van der Waals surface area (Å²) < 4.78 is 53.1. The Morgan fingerprint density at radius 3 is 2.18 bits per heavy atom. The number of fused-ring (bicyclic) bond motifs is 1. The Morgan fingerprint density at radius 2 is 1.64 bits per heavy atom. The lowest BCUT2D eigenvalue weighted by molar-refractivity contribution is -0.144. The largest absolute Gasteiger partial charge is 0.416 e. The van der Waals surface area contributed by atoms with Crippen molar-refractivity contribution in [2.24, 2.45) is 0 Å². The van der Waals surface area contributed by atoms with Gasteiger partial charge in [0.15, 0.2) is 0 Å². The average molecular weight is 508 g/mol. The van der Waals surface area contributed by atoms with Gasteiger partial charge >= 0.3 is 6.18 Å². The number of carbonyl (C=O) groups excluding carboxylic acids is 1. The Labute approximate surface area is 203 Å². The van der Waals surface area contributed by atoms with Crippen molar-refractivity contribution < 1.29 is 22.4 Å². The lowest BCUT2D eigenvalue weighted by Gasteiger charge is -2.44. The van der Waals surface area contributed by atoms with Crippen molar-refractivity contribution in [1.82, 2.24) is 15.1 Å². The molecule has 1 aliphatic heterocycles. The van der Waals surface area contributed by atoms with Gasteiger partial charge in [-0.3, -0.25) is 9.69 Å². The molecule has 0 atom stereocenters. The van der Waals surface area contributed by atoms with Gasteiger partial charge in [0.25, 0.3) is 0 Å². The Bertz CT molecular complexity index is 955. The van der Waals surface area contributed by atoms with Crippen molar-refractivity contribution in [2.75, 3.05) is 33.2 Å². The van der Waals surface area contributed by atoms with Crippen LogP contribution in [0.5, 0.6) is 0 Å². The first kappa shape index (κ1) is 27.4. The number of piperazine rings is 1. The highest BCUT2D eigenvalue weighted by atomic mass is 35.5. The molecule has 4 nitrogen and oxygen atoms in total. The zero-order valence-corrected chi connectivity index (χ0v) is 19.8. The van der Waals surface area contributed by atoms with Crippen LogP contribution in [0.4, 0.5) is 17.6 Å². The van der Waals surface area contributed by atoms with Gasteiger partial charge in [-0.05, 0) is 34.9 Å². The molecular weight excluding hydrogens is 481 g/mol. The predicted molar refractivity (Wildman–Crippen MR) is 123 cm³/mol. The molecule has 2 aliphatic rings. The summed E-state index contributed by atoms with van der Waals surface area (Å²) in [6.07, 6.45) is -3.53. The van der Waals surface area contributed by atoms with Gasteiger partial charge in [-0.1, -0.05) is 24.3 Å². The van der Waals surface area contributed by atoms with Crippen LogP contribution in [0, 0.1) is 5.82 Å². The van der Waals surface area contributed by atoms with Gasteiger partial charge in [0, 0.05) is 52.6 Å². The van der Waals surface area contributed by atoms with Crippen molar-refractivity contribution in [3.05, 3.63) is 70.5 Å². The molecule has 4 rings (SSSR count). The van der Waals surface area contributed by atoms with Gasteiger partial charge in [-0.2, -0.15) is 13.2 Å². The highest BCUT2D eigenvalue weighted by Crippen LogP contribution is 2.37. The van der Waals surface area contributed by atoms with Crippen molar-refractivity contribution >= 4 is 30.7 Å². The molecule has 1 saturated heterocycles. The smallest absolute Gasteiger partial charge is 0.340 e. The number of halogens is 6. The third-order valence-corrected chi connectivity index (χ3v) is 6.26. The van der Waals surface area contributed by atoms with E-state index in [4.69, 9.17) is 0 Å². The summed E-state index contributed by atoms with van der Waals surface area (Å²) >= 11 is 0. The summed E-state index contributed by atoms with van der Waals surface area (Å²) in [7, 11) is 1.58. The molecule has 1 aliphatic carbocycles. The number of benzene rings is 2. The molecule has 0 saturated carbocycles. The summed E-state index contributed by atoms with van der Waals surface area (Å²) in [6, 6.07) is 10.4. The van der Waals surface area contributed by atoms with Crippen LogP contribution in [-0.4, -0.2) is 54.5 Å². The van der Waals surface area contributed by atoms with Crippen LogP contribution in [-0.2, 0) is 30.4 Å². The third-order valence-electron chi connectivity index (χ3n) is 6.26. The monoisotopic (exact) mass is 507 g/mol. The van der Waals surface area contributed by atoms with E-state index in [2.05, 4.69) is 10.2 Å². The number of alkyl halides is 3. The van der Waals surface area contributed by atoms with E-state index in [1.165, 1.54) is 4.90 Å². The zero-order chi connectivity index (χ0) is 22.2. The lowest BCUT2D eigenvalue weighted by Crippen LogP contribution is -2.63. The molecule has 1 amide bonds. The zero-order valence-electron chi connectivity index (χ0n) is 18.1. The summed E-state index contributed by atoms with van der Waals surface area (Å²) in [6.45, 7) is 2.88. The highest BCUT2D eigenvalue weighted by molar-refractivity contribution is 5.88. The van der Waals surface area contributed by atoms with Crippen LogP contribution in [0.15, 0.2) is 42.5 Å². The number of likely N-dealkylation sites (N-methyl/N-ethyl adjacent to an activating group) is 1. The fourth-order valence-corrected chi connectivity index (χ4v) is 4.80. The van der Waals surface area contributed by atoms with E-state index in [1.807, 2.05) is 24.3 Å². The van der Waals surface area contributed by atoms with Gasteiger partial charge in [0.05, 0.1) is 5.56 Å². The van der Waals surface area contributed by atoms with E-state index >= 15 is 0 Å². The summed E-state index contributed by atoms with van der Waals surface area (Å²) in [4.78, 5) is 17.4. The maximum atomic E-state index is 13.8. The van der Waals surface area contributed by atoms with Crippen LogP contribution < -0.4 is 5.32 Å². The molecule has 10 heteroatoms. The molecule has 1 fully saturated rings. The summed E-state index contributed by atoms with van der Waals surface area (Å²) in [5, 5.41) is 3.30. The van der Waals surface area contributed by atoms with Gasteiger partial charge in [0.1, 0.15) is 11.4 Å². The van der Waals surface area contributed by atoms with Crippen molar-refractivity contribution in [2.45, 2.75) is 31.1 Å². The predicted octanol–water partition coefficient (Wildman–Crippen LogP) is 4.09. The first-order valence-electron chi connectivity index (χ1n) is 10.3.